The number of para-hydroxylation sites is 1. The van der Waals surface area contributed by atoms with Gasteiger partial charge < -0.3 is 10.5 Å². The van der Waals surface area contributed by atoms with Crippen LogP contribution in [0.2, 0.25) is 0 Å². The Balaban J connectivity index is 2.51. The first-order chi connectivity index (χ1) is 8.11. The molecule has 3 N–H and O–H groups in total. The molecule has 0 atom stereocenters. The summed E-state index contributed by atoms with van der Waals surface area (Å²) in [6.45, 7) is 4.63. The molecule has 0 heterocycles. The molecule has 0 bridgehead atoms. The van der Waals surface area contributed by atoms with E-state index in [1.54, 1.807) is 6.21 Å². The van der Waals surface area contributed by atoms with Crippen molar-refractivity contribution >= 4 is 23.5 Å². The number of rotatable bonds is 5. The fraction of sp³-hybridized carbons (Fsp3) is 0.333. The maximum Gasteiger partial charge on any atom is 0.184 e. The van der Waals surface area contributed by atoms with E-state index in [1.165, 1.54) is 5.56 Å². The smallest absolute Gasteiger partial charge is 0.184 e. The third-order valence-electron chi connectivity index (χ3n) is 2.12. The summed E-state index contributed by atoms with van der Waals surface area (Å²) in [6, 6.07) is 7.96. The normalized spacial score (nSPS) is 10.8. The Hall–Kier alpha value is -1.62. The third-order valence-corrected chi connectivity index (χ3v) is 2.21. The van der Waals surface area contributed by atoms with E-state index in [0.29, 0.717) is 12.5 Å². The van der Waals surface area contributed by atoms with Crippen LogP contribution in [-0.4, -0.2) is 17.9 Å². The molecule has 1 aromatic carbocycles. The lowest BCUT2D eigenvalue weighted by molar-refractivity contribution is 0.374. The SMILES string of the molecule is CC(C)c1ccccc1OC/C=N\NC(N)=S. The lowest BCUT2D eigenvalue weighted by atomic mass is 10.0. The first-order valence-electron chi connectivity index (χ1n) is 5.40. The van der Waals surface area contributed by atoms with Crippen LogP contribution in [0.1, 0.15) is 25.3 Å². The third kappa shape index (κ3) is 4.82. The molecule has 0 aliphatic heterocycles. The minimum Gasteiger partial charge on any atom is -0.488 e. The zero-order chi connectivity index (χ0) is 12.7. The molecule has 4 nitrogen and oxygen atoms in total. The predicted octanol–water partition coefficient (Wildman–Crippen LogP) is 2.01. The van der Waals surface area contributed by atoms with Crippen molar-refractivity contribution in [1.82, 2.24) is 5.43 Å². The Labute approximate surface area is 107 Å². The van der Waals surface area contributed by atoms with Crippen molar-refractivity contribution in [2.24, 2.45) is 10.8 Å². The second-order valence-electron chi connectivity index (χ2n) is 3.79. The van der Waals surface area contributed by atoms with Crippen molar-refractivity contribution in [3.05, 3.63) is 29.8 Å². The van der Waals surface area contributed by atoms with Gasteiger partial charge in [-0.15, -0.1) is 0 Å². The van der Waals surface area contributed by atoms with Crippen LogP contribution in [0.3, 0.4) is 0 Å². The van der Waals surface area contributed by atoms with Crippen LogP contribution in [0, 0.1) is 0 Å². The molecular weight excluding hydrogens is 234 g/mol. The van der Waals surface area contributed by atoms with Crippen molar-refractivity contribution in [3.8, 4) is 5.75 Å². The number of hydrogen-bond donors (Lipinski definition) is 2. The van der Waals surface area contributed by atoms with E-state index in [2.05, 4.69) is 42.7 Å². The average Bonchev–Trinajstić information content (AvgIpc) is 2.28. The average molecular weight is 251 g/mol. The van der Waals surface area contributed by atoms with Crippen LogP contribution in [0.15, 0.2) is 29.4 Å². The molecule has 92 valence electrons. The maximum absolute atomic E-state index is 5.61. The van der Waals surface area contributed by atoms with Gasteiger partial charge in [0.15, 0.2) is 5.11 Å². The van der Waals surface area contributed by atoms with Crippen LogP contribution in [0.4, 0.5) is 0 Å². The molecule has 0 aromatic heterocycles. The van der Waals surface area contributed by atoms with Crippen molar-refractivity contribution in [1.29, 1.82) is 0 Å². The van der Waals surface area contributed by atoms with Crippen LogP contribution >= 0.6 is 12.2 Å². The van der Waals surface area contributed by atoms with E-state index >= 15 is 0 Å². The largest absolute Gasteiger partial charge is 0.488 e. The zero-order valence-corrected chi connectivity index (χ0v) is 10.8. The molecule has 0 spiro atoms. The van der Waals surface area contributed by atoms with E-state index in [4.69, 9.17) is 10.5 Å². The van der Waals surface area contributed by atoms with E-state index in [-0.39, 0.29) is 5.11 Å². The minimum absolute atomic E-state index is 0.142. The van der Waals surface area contributed by atoms with Gasteiger partial charge in [-0.05, 0) is 29.8 Å². The highest BCUT2D eigenvalue weighted by molar-refractivity contribution is 7.80. The van der Waals surface area contributed by atoms with Crippen LogP contribution < -0.4 is 15.9 Å². The number of ether oxygens (including phenoxy) is 1. The van der Waals surface area contributed by atoms with E-state index in [9.17, 15) is 0 Å². The van der Waals surface area contributed by atoms with Gasteiger partial charge in [0.05, 0.1) is 6.21 Å². The topological polar surface area (TPSA) is 59.6 Å². The molecular formula is C12H17N3OS. The molecule has 0 unspecified atom stereocenters. The number of benzene rings is 1. The molecule has 1 rings (SSSR count). The Morgan fingerprint density at radius 2 is 2.24 bits per heavy atom. The first-order valence-corrected chi connectivity index (χ1v) is 5.80. The summed E-state index contributed by atoms with van der Waals surface area (Å²) in [5.41, 5.74) is 8.87. The Morgan fingerprint density at radius 1 is 1.53 bits per heavy atom. The van der Waals surface area contributed by atoms with Crippen LogP contribution in [0.5, 0.6) is 5.75 Å². The van der Waals surface area contributed by atoms with Crippen molar-refractivity contribution in [3.63, 3.8) is 0 Å². The molecule has 0 aliphatic carbocycles. The highest BCUT2D eigenvalue weighted by atomic mass is 32.1. The molecule has 1 aromatic rings. The van der Waals surface area contributed by atoms with Gasteiger partial charge in [0, 0.05) is 0 Å². The summed E-state index contributed by atoms with van der Waals surface area (Å²) in [6.07, 6.45) is 1.58. The lowest BCUT2D eigenvalue weighted by Gasteiger charge is -2.12. The highest BCUT2D eigenvalue weighted by Crippen LogP contribution is 2.25. The second kappa shape index (κ2) is 6.85. The molecule has 5 heteroatoms. The summed E-state index contributed by atoms with van der Waals surface area (Å²) >= 11 is 4.61. The summed E-state index contributed by atoms with van der Waals surface area (Å²) in [5, 5.41) is 3.94. The van der Waals surface area contributed by atoms with Crippen LogP contribution in [0.25, 0.3) is 0 Å². The van der Waals surface area contributed by atoms with Gasteiger partial charge in [0.2, 0.25) is 0 Å². The van der Waals surface area contributed by atoms with Gasteiger partial charge in [0.25, 0.3) is 0 Å². The molecule has 0 amide bonds. The van der Waals surface area contributed by atoms with Crippen molar-refractivity contribution in [2.45, 2.75) is 19.8 Å². The monoisotopic (exact) mass is 251 g/mol. The maximum atomic E-state index is 5.61. The first kappa shape index (κ1) is 13.4. The van der Waals surface area contributed by atoms with Gasteiger partial charge in [0.1, 0.15) is 12.4 Å². The Kier molecular flexibility index (Phi) is 5.42. The number of nitrogens with two attached hydrogens (primary N) is 1. The van der Waals surface area contributed by atoms with Gasteiger partial charge in [-0.1, -0.05) is 32.0 Å². The van der Waals surface area contributed by atoms with Crippen molar-refractivity contribution < 1.29 is 4.74 Å². The van der Waals surface area contributed by atoms with E-state index < -0.39 is 0 Å². The molecule has 0 fully saturated rings. The molecule has 0 aliphatic rings. The van der Waals surface area contributed by atoms with Gasteiger partial charge in [-0.2, -0.15) is 5.10 Å². The Bertz CT molecular complexity index is 404. The van der Waals surface area contributed by atoms with Gasteiger partial charge >= 0.3 is 0 Å². The fourth-order valence-electron chi connectivity index (χ4n) is 1.36. The zero-order valence-electron chi connectivity index (χ0n) is 10.0. The second-order valence-corrected chi connectivity index (χ2v) is 4.23. The summed E-state index contributed by atoms with van der Waals surface area (Å²) in [4.78, 5) is 0. The van der Waals surface area contributed by atoms with Crippen molar-refractivity contribution in [2.75, 3.05) is 6.61 Å². The summed E-state index contributed by atoms with van der Waals surface area (Å²) < 4.78 is 5.61. The lowest BCUT2D eigenvalue weighted by Crippen LogP contribution is -2.24. The number of nitrogens with one attached hydrogen (secondary N) is 1. The Morgan fingerprint density at radius 3 is 2.88 bits per heavy atom. The minimum atomic E-state index is 0.142. The number of thiocarbonyl (C=S) groups is 1. The van der Waals surface area contributed by atoms with Gasteiger partial charge in [-0.25, -0.2) is 0 Å². The van der Waals surface area contributed by atoms with E-state index in [0.717, 1.165) is 5.75 Å². The van der Waals surface area contributed by atoms with Gasteiger partial charge in [-0.3, -0.25) is 5.43 Å². The summed E-state index contributed by atoms with van der Waals surface area (Å²) in [5.74, 6) is 1.31. The number of nitrogens with zero attached hydrogens (tertiary/aromatic N) is 1. The number of hydrogen-bond acceptors (Lipinski definition) is 3. The molecule has 0 saturated carbocycles. The summed E-state index contributed by atoms with van der Waals surface area (Å²) in [7, 11) is 0. The molecule has 0 saturated heterocycles. The highest BCUT2D eigenvalue weighted by Gasteiger charge is 2.05. The number of hydrazone groups is 1. The predicted molar refractivity (Wildman–Crippen MR) is 74.4 cm³/mol. The fourth-order valence-corrected chi connectivity index (χ4v) is 1.42. The van der Waals surface area contributed by atoms with Crippen LogP contribution in [-0.2, 0) is 0 Å². The quantitative estimate of drug-likeness (QED) is 0.477. The standard InChI is InChI=1S/C12H17N3OS/c1-9(2)10-5-3-4-6-11(10)16-8-7-14-15-12(13)17/h3-7,9H,8H2,1-2H3,(H3,13,15,17)/b14-7-. The molecule has 17 heavy (non-hydrogen) atoms. The van der Waals surface area contributed by atoms with E-state index in [1.807, 2.05) is 18.2 Å². The molecule has 0 radical (unpaired) electrons.